The van der Waals surface area contributed by atoms with Crippen LogP contribution in [0.5, 0.6) is 0 Å². The van der Waals surface area contributed by atoms with E-state index in [0.717, 1.165) is 16.9 Å². The van der Waals surface area contributed by atoms with Gasteiger partial charge in [0, 0.05) is 18.0 Å². The Kier molecular flexibility index (Phi) is 5.61. The van der Waals surface area contributed by atoms with Crippen molar-refractivity contribution < 1.29 is 9.72 Å². The van der Waals surface area contributed by atoms with E-state index in [1.165, 1.54) is 17.5 Å². The lowest BCUT2D eigenvalue weighted by molar-refractivity contribution is -0.380. The Morgan fingerprint density at radius 3 is 2.74 bits per heavy atom. The number of nitriles is 1. The average Bonchev–Trinajstić information content (AvgIpc) is 3.02. The summed E-state index contributed by atoms with van der Waals surface area (Å²) < 4.78 is 0. The zero-order chi connectivity index (χ0) is 16.7. The van der Waals surface area contributed by atoms with Gasteiger partial charge in [-0.25, -0.2) is 0 Å². The van der Waals surface area contributed by atoms with Gasteiger partial charge in [-0.3, -0.25) is 14.9 Å². The normalized spacial score (nSPS) is 10.8. The summed E-state index contributed by atoms with van der Waals surface area (Å²) in [5, 5.41) is 23.9. The highest BCUT2D eigenvalue weighted by molar-refractivity contribution is 7.13. The molecule has 0 bridgehead atoms. The fourth-order valence-electron chi connectivity index (χ4n) is 1.89. The monoisotopic (exact) mass is 327 g/mol. The number of thiophene rings is 1. The molecule has 2 rings (SSSR count). The second kappa shape index (κ2) is 7.87. The highest BCUT2D eigenvalue weighted by Gasteiger charge is 2.12. The Hall–Kier alpha value is -2.98. The zero-order valence-corrected chi connectivity index (χ0v) is 12.9. The molecule has 0 aliphatic heterocycles. The summed E-state index contributed by atoms with van der Waals surface area (Å²) >= 11 is 0.952. The van der Waals surface area contributed by atoms with Gasteiger partial charge in [-0.1, -0.05) is 41.7 Å². The highest BCUT2D eigenvalue weighted by Crippen LogP contribution is 2.24. The molecule has 0 fully saturated rings. The standard InChI is InChI=1S/C16H13N3O3S/c17-10-14(8-13-9-15(19(21)22)23-11-13)16(20)18-7-6-12-4-2-1-3-5-12/h1-5,8-9,11H,6-7H2,(H,18,20)/b14-8+. The fraction of sp³-hybridized carbons (Fsp3) is 0.125. The van der Waals surface area contributed by atoms with E-state index in [9.17, 15) is 14.9 Å². The van der Waals surface area contributed by atoms with E-state index in [1.807, 2.05) is 36.4 Å². The summed E-state index contributed by atoms with van der Waals surface area (Å²) in [5.74, 6) is -0.489. The maximum atomic E-state index is 12.0. The molecule has 0 saturated carbocycles. The first-order valence-electron chi connectivity index (χ1n) is 6.77. The minimum Gasteiger partial charge on any atom is -0.351 e. The Bertz CT molecular complexity index is 775. The van der Waals surface area contributed by atoms with Gasteiger partial charge in [0.25, 0.3) is 5.91 Å². The summed E-state index contributed by atoms with van der Waals surface area (Å²) in [6.45, 7) is 0.408. The van der Waals surface area contributed by atoms with Gasteiger partial charge in [0.1, 0.15) is 11.6 Å². The topological polar surface area (TPSA) is 96.0 Å². The maximum Gasteiger partial charge on any atom is 0.324 e. The number of carbonyl (C=O) groups is 1. The molecule has 23 heavy (non-hydrogen) atoms. The molecule has 116 valence electrons. The number of carbonyl (C=O) groups excluding carboxylic acids is 1. The molecule has 1 N–H and O–H groups in total. The summed E-state index contributed by atoms with van der Waals surface area (Å²) in [6, 6.07) is 12.8. The van der Waals surface area contributed by atoms with E-state index in [-0.39, 0.29) is 10.6 Å². The number of nitrogens with zero attached hydrogens (tertiary/aromatic N) is 2. The first-order chi connectivity index (χ1) is 11.1. The fourth-order valence-corrected chi connectivity index (χ4v) is 2.57. The first-order valence-corrected chi connectivity index (χ1v) is 7.65. The lowest BCUT2D eigenvalue weighted by Gasteiger charge is -2.04. The van der Waals surface area contributed by atoms with Crippen molar-refractivity contribution >= 4 is 28.3 Å². The second-order valence-electron chi connectivity index (χ2n) is 4.64. The minimum atomic E-state index is -0.506. The van der Waals surface area contributed by atoms with Gasteiger partial charge in [0.2, 0.25) is 0 Å². The quantitative estimate of drug-likeness (QED) is 0.382. The Labute approximate surface area is 136 Å². The van der Waals surface area contributed by atoms with Crippen LogP contribution in [0.4, 0.5) is 5.00 Å². The molecule has 1 heterocycles. The van der Waals surface area contributed by atoms with Crippen molar-refractivity contribution in [3.63, 3.8) is 0 Å². The van der Waals surface area contributed by atoms with Gasteiger partial charge in [-0.2, -0.15) is 5.26 Å². The summed E-state index contributed by atoms with van der Waals surface area (Å²) in [5.41, 5.74) is 1.48. The number of hydrogen-bond donors (Lipinski definition) is 1. The van der Waals surface area contributed by atoms with Crippen LogP contribution in [0, 0.1) is 21.4 Å². The highest BCUT2D eigenvalue weighted by atomic mass is 32.1. The van der Waals surface area contributed by atoms with Gasteiger partial charge >= 0.3 is 5.00 Å². The number of nitro groups is 1. The predicted molar refractivity (Wildman–Crippen MR) is 87.7 cm³/mol. The van der Waals surface area contributed by atoms with Crippen molar-refractivity contribution in [1.29, 1.82) is 5.26 Å². The number of nitrogens with one attached hydrogen (secondary N) is 1. The van der Waals surface area contributed by atoms with Crippen LogP contribution in [-0.2, 0) is 11.2 Å². The molecule has 0 radical (unpaired) electrons. The molecule has 0 aliphatic rings. The molecule has 0 unspecified atom stereocenters. The second-order valence-corrected chi connectivity index (χ2v) is 5.53. The summed E-state index contributed by atoms with van der Waals surface area (Å²) in [4.78, 5) is 22.1. The summed E-state index contributed by atoms with van der Waals surface area (Å²) in [6.07, 6.45) is 2.01. The first kappa shape index (κ1) is 16.4. The molecule has 6 nitrogen and oxygen atoms in total. The molecule has 0 spiro atoms. The van der Waals surface area contributed by atoms with Gasteiger partial charge in [-0.15, -0.1) is 0 Å². The third kappa shape index (κ3) is 4.76. The third-order valence-electron chi connectivity index (χ3n) is 3.00. The van der Waals surface area contributed by atoms with Crippen molar-refractivity contribution in [3.05, 3.63) is 68.6 Å². The van der Waals surface area contributed by atoms with E-state index >= 15 is 0 Å². The molecule has 1 aromatic carbocycles. The Balaban J connectivity index is 1.96. The van der Waals surface area contributed by atoms with E-state index in [2.05, 4.69) is 5.32 Å². The molecule has 0 aliphatic carbocycles. The molecular weight excluding hydrogens is 314 g/mol. The molecule has 0 saturated heterocycles. The van der Waals surface area contributed by atoms with E-state index in [4.69, 9.17) is 5.26 Å². The minimum absolute atomic E-state index is 0.0296. The average molecular weight is 327 g/mol. The van der Waals surface area contributed by atoms with E-state index < -0.39 is 10.8 Å². The Morgan fingerprint density at radius 2 is 2.13 bits per heavy atom. The molecule has 0 atom stereocenters. The molecule has 1 aromatic heterocycles. The van der Waals surface area contributed by atoms with Crippen LogP contribution < -0.4 is 5.32 Å². The smallest absolute Gasteiger partial charge is 0.324 e. The molecule has 7 heteroatoms. The van der Waals surface area contributed by atoms with Gasteiger partial charge in [0.15, 0.2) is 0 Å². The van der Waals surface area contributed by atoms with E-state index in [1.54, 1.807) is 0 Å². The van der Waals surface area contributed by atoms with Gasteiger partial charge in [-0.05, 0) is 23.6 Å². The van der Waals surface area contributed by atoms with Crippen molar-refractivity contribution in [1.82, 2.24) is 5.32 Å². The molecule has 2 aromatic rings. The van der Waals surface area contributed by atoms with Crippen molar-refractivity contribution in [2.24, 2.45) is 0 Å². The maximum absolute atomic E-state index is 12.0. The largest absolute Gasteiger partial charge is 0.351 e. The lowest BCUT2D eigenvalue weighted by Crippen LogP contribution is -2.26. The van der Waals surface area contributed by atoms with Crippen LogP contribution in [0.15, 0.2) is 47.4 Å². The number of hydrogen-bond acceptors (Lipinski definition) is 5. The van der Waals surface area contributed by atoms with Crippen molar-refractivity contribution in [2.45, 2.75) is 6.42 Å². The van der Waals surface area contributed by atoms with Crippen molar-refractivity contribution in [3.8, 4) is 6.07 Å². The van der Waals surface area contributed by atoms with E-state index in [0.29, 0.717) is 18.5 Å². The Morgan fingerprint density at radius 1 is 1.39 bits per heavy atom. The van der Waals surface area contributed by atoms with Crippen LogP contribution in [0.25, 0.3) is 6.08 Å². The van der Waals surface area contributed by atoms with Crippen LogP contribution in [-0.4, -0.2) is 17.4 Å². The van der Waals surface area contributed by atoms with Gasteiger partial charge in [0.05, 0.1) is 4.92 Å². The van der Waals surface area contributed by atoms with Crippen molar-refractivity contribution in [2.75, 3.05) is 6.54 Å². The van der Waals surface area contributed by atoms with Crippen LogP contribution in [0.1, 0.15) is 11.1 Å². The van der Waals surface area contributed by atoms with Crippen LogP contribution in [0.2, 0.25) is 0 Å². The third-order valence-corrected chi connectivity index (χ3v) is 3.90. The SMILES string of the molecule is N#C/C(=C\c1csc([N+](=O)[O-])c1)C(=O)NCCc1ccccc1. The lowest BCUT2D eigenvalue weighted by atomic mass is 10.1. The zero-order valence-electron chi connectivity index (χ0n) is 12.1. The van der Waals surface area contributed by atoms with Crippen LogP contribution >= 0.6 is 11.3 Å². The number of benzene rings is 1. The molecule has 1 amide bonds. The predicted octanol–water partition coefficient (Wildman–Crippen LogP) is 2.92. The number of amides is 1. The van der Waals surface area contributed by atoms with Crippen LogP contribution in [0.3, 0.4) is 0 Å². The van der Waals surface area contributed by atoms with Gasteiger partial charge < -0.3 is 5.32 Å². The summed E-state index contributed by atoms with van der Waals surface area (Å²) in [7, 11) is 0. The number of rotatable bonds is 6. The molecular formula is C16H13N3O3S.